The second-order valence-electron chi connectivity index (χ2n) is 5.97. The molecular weight excluding hydrogens is 364 g/mol. The summed E-state index contributed by atoms with van der Waals surface area (Å²) in [6, 6.07) is 10.1. The van der Waals surface area contributed by atoms with E-state index in [1.807, 2.05) is 53.2 Å². The zero-order chi connectivity index (χ0) is 18.1. The van der Waals surface area contributed by atoms with Gasteiger partial charge in [-0.05, 0) is 13.3 Å². The van der Waals surface area contributed by atoms with Gasteiger partial charge >= 0.3 is 0 Å². The van der Waals surface area contributed by atoms with E-state index in [9.17, 15) is 4.79 Å². The molecule has 0 aliphatic carbocycles. The minimum atomic E-state index is -0.0592. The molecule has 0 bridgehead atoms. The van der Waals surface area contributed by atoms with Crippen molar-refractivity contribution in [2.45, 2.75) is 26.7 Å². The van der Waals surface area contributed by atoms with Gasteiger partial charge in [0, 0.05) is 27.7 Å². The largest absolute Gasteiger partial charge is 0.302 e. The third-order valence-corrected chi connectivity index (χ3v) is 5.99. The Balaban J connectivity index is 1.53. The average Bonchev–Trinajstić information content (AvgIpc) is 3.31. The molecule has 3 heterocycles. The van der Waals surface area contributed by atoms with E-state index in [4.69, 9.17) is 0 Å². The van der Waals surface area contributed by atoms with E-state index in [1.165, 1.54) is 11.3 Å². The minimum absolute atomic E-state index is 0.0592. The molecule has 0 atom stereocenters. The summed E-state index contributed by atoms with van der Waals surface area (Å²) in [6.45, 7) is 4.10. The first-order chi connectivity index (χ1) is 12.6. The number of nitrogens with zero attached hydrogens (tertiary/aromatic N) is 3. The summed E-state index contributed by atoms with van der Waals surface area (Å²) in [5.41, 5.74) is 3.97. The number of carbonyl (C=O) groups excluding carboxylic acids is 1. The van der Waals surface area contributed by atoms with Gasteiger partial charge in [-0.1, -0.05) is 37.3 Å². The Morgan fingerprint density at radius 3 is 2.77 bits per heavy atom. The molecule has 4 rings (SSSR count). The zero-order valence-corrected chi connectivity index (χ0v) is 16.2. The van der Waals surface area contributed by atoms with Crippen LogP contribution in [-0.4, -0.2) is 20.3 Å². The molecule has 0 saturated carbocycles. The zero-order valence-electron chi connectivity index (χ0n) is 14.5. The van der Waals surface area contributed by atoms with Crippen LogP contribution in [0.4, 0.5) is 5.13 Å². The van der Waals surface area contributed by atoms with E-state index in [1.54, 1.807) is 11.3 Å². The smallest absolute Gasteiger partial charge is 0.232 e. The molecule has 4 aromatic rings. The molecule has 0 aliphatic rings. The summed E-state index contributed by atoms with van der Waals surface area (Å²) in [4.78, 5) is 23.6. The number of imidazole rings is 1. The van der Waals surface area contributed by atoms with Crippen LogP contribution >= 0.6 is 22.7 Å². The van der Waals surface area contributed by atoms with Crippen molar-refractivity contribution in [2.24, 2.45) is 0 Å². The first kappa shape index (κ1) is 16.9. The van der Waals surface area contributed by atoms with Crippen molar-refractivity contribution in [3.05, 3.63) is 58.2 Å². The Bertz CT molecular complexity index is 1060. The van der Waals surface area contributed by atoms with Crippen molar-refractivity contribution in [1.82, 2.24) is 14.4 Å². The molecule has 132 valence electrons. The van der Waals surface area contributed by atoms with E-state index in [0.717, 1.165) is 38.9 Å². The minimum Gasteiger partial charge on any atom is -0.302 e. The lowest BCUT2D eigenvalue weighted by Crippen LogP contribution is -2.15. The van der Waals surface area contributed by atoms with Gasteiger partial charge in [-0.2, -0.15) is 0 Å². The summed E-state index contributed by atoms with van der Waals surface area (Å²) in [6.07, 6.45) is 3.16. The second kappa shape index (κ2) is 7.01. The summed E-state index contributed by atoms with van der Waals surface area (Å²) in [5, 5.41) is 5.58. The van der Waals surface area contributed by atoms with Crippen molar-refractivity contribution >= 4 is 38.7 Å². The predicted molar refractivity (Wildman–Crippen MR) is 107 cm³/mol. The molecule has 5 nitrogen and oxygen atoms in total. The molecule has 0 radical (unpaired) electrons. The topological polar surface area (TPSA) is 59.3 Å². The number of fused-ring (bicyclic) bond motifs is 1. The molecule has 1 aromatic carbocycles. The number of carbonyl (C=O) groups is 1. The fourth-order valence-electron chi connectivity index (χ4n) is 2.84. The third kappa shape index (κ3) is 3.27. The summed E-state index contributed by atoms with van der Waals surface area (Å²) >= 11 is 3.07. The Hall–Kier alpha value is -2.51. The molecule has 0 spiro atoms. The number of hydrogen-bond acceptors (Lipinski definition) is 5. The molecular formula is C19H18N4OS2. The third-order valence-electron chi connectivity index (χ3n) is 4.17. The van der Waals surface area contributed by atoms with E-state index >= 15 is 0 Å². The standard InChI is InChI=1S/C19H18N4OS2/c1-3-15-12(2)26-18(20-15)22-17(24)9-14-11-25-19-21-16(10-23(14)19)13-7-5-4-6-8-13/h4-8,10-11H,3,9H2,1-2H3,(H,20,22,24). The van der Waals surface area contributed by atoms with Crippen molar-refractivity contribution in [2.75, 3.05) is 5.32 Å². The molecule has 0 unspecified atom stereocenters. The molecule has 0 aliphatic heterocycles. The quantitative estimate of drug-likeness (QED) is 0.550. The molecule has 1 amide bonds. The van der Waals surface area contributed by atoms with Crippen LogP contribution in [0.15, 0.2) is 41.9 Å². The molecule has 3 aromatic heterocycles. The highest BCUT2D eigenvalue weighted by Crippen LogP contribution is 2.25. The van der Waals surface area contributed by atoms with Gasteiger partial charge in [0.05, 0.1) is 17.8 Å². The fourth-order valence-corrected chi connectivity index (χ4v) is 4.63. The van der Waals surface area contributed by atoms with Gasteiger partial charge in [-0.15, -0.1) is 22.7 Å². The number of nitrogens with one attached hydrogen (secondary N) is 1. The predicted octanol–water partition coefficient (Wildman–Crippen LogP) is 4.57. The van der Waals surface area contributed by atoms with Crippen LogP contribution in [0.1, 0.15) is 23.2 Å². The van der Waals surface area contributed by atoms with E-state index in [2.05, 4.69) is 22.2 Å². The Morgan fingerprint density at radius 1 is 1.23 bits per heavy atom. The van der Waals surface area contributed by atoms with Crippen molar-refractivity contribution in [3.63, 3.8) is 0 Å². The van der Waals surface area contributed by atoms with E-state index in [-0.39, 0.29) is 5.91 Å². The van der Waals surface area contributed by atoms with Crippen molar-refractivity contribution in [3.8, 4) is 11.3 Å². The van der Waals surface area contributed by atoms with Gasteiger partial charge < -0.3 is 5.32 Å². The fraction of sp³-hybridized carbons (Fsp3) is 0.211. The number of benzene rings is 1. The van der Waals surface area contributed by atoms with Crippen LogP contribution < -0.4 is 5.32 Å². The van der Waals surface area contributed by atoms with Gasteiger partial charge in [0.15, 0.2) is 10.1 Å². The Labute approximate surface area is 159 Å². The van der Waals surface area contributed by atoms with Gasteiger partial charge in [0.2, 0.25) is 5.91 Å². The number of anilines is 1. The Kier molecular flexibility index (Phi) is 4.57. The summed E-state index contributed by atoms with van der Waals surface area (Å²) < 4.78 is 2.00. The van der Waals surface area contributed by atoms with Crippen LogP contribution in [0.3, 0.4) is 0 Å². The van der Waals surface area contributed by atoms with Crippen LogP contribution in [0.25, 0.3) is 16.2 Å². The van der Waals surface area contributed by atoms with Crippen LogP contribution in [0, 0.1) is 6.92 Å². The van der Waals surface area contributed by atoms with Gasteiger partial charge in [0.25, 0.3) is 0 Å². The summed E-state index contributed by atoms with van der Waals surface area (Å²) in [7, 11) is 0. The highest BCUT2D eigenvalue weighted by molar-refractivity contribution is 7.16. The van der Waals surface area contributed by atoms with Crippen LogP contribution in [0.5, 0.6) is 0 Å². The van der Waals surface area contributed by atoms with Gasteiger partial charge in [0.1, 0.15) is 0 Å². The number of thiazole rings is 2. The first-order valence-corrected chi connectivity index (χ1v) is 10.1. The van der Waals surface area contributed by atoms with E-state index in [0.29, 0.717) is 11.6 Å². The maximum Gasteiger partial charge on any atom is 0.232 e. The number of aryl methyl sites for hydroxylation is 2. The number of hydrogen-bond donors (Lipinski definition) is 1. The molecule has 0 fully saturated rings. The molecule has 1 N–H and O–H groups in total. The second-order valence-corrected chi connectivity index (χ2v) is 8.01. The highest BCUT2D eigenvalue weighted by Gasteiger charge is 2.14. The van der Waals surface area contributed by atoms with Gasteiger partial charge in [-0.3, -0.25) is 9.20 Å². The number of rotatable bonds is 5. The lowest BCUT2D eigenvalue weighted by Gasteiger charge is -2.01. The van der Waals surface area contributed by atoms with Crippen LogP contribution in [0.2, 0.25) is 0 Å². The molecule has 7 heteroatoms. The Morgan fingerprint density at radius 2 is 2.04 bits per heavy atom. The molecule has 26 heavy (non-hydrogen) atoms. The first-order valence-electron chi connectivity index (χ1n) is 8.41. The SMILES string of the molecule is CCc1nc(NC(=O)Cc2csc3nc(-c4ccccc4)cn23)sc1C. The van der Waals surface area contributed by atoms with E-state index < -0.39 is 0 Å². The monoisotopic (exact) mass is 382 g/mol. The van der Waals surface area contributed by atoms with Gasteiger partial charge in [-0.25, -0.2) is 9.97 Å². The number of amides is 1. The maximum absolute atomic E-state index is 12.4. The lowest BCUT2D eigenvalue weighted by molar-refractivity contribution is -0.115. The average molecular weight is 383 g/mol. The van der Waals surface area contributed by atoms with Crippen molar-refractivity contribution in [1.29, 1.82) is 0 Å². The normalized spacial score (nSPS) is 11.2. The highest BCUT2D eigenvalue weighted by atomic mass is 32.1. The van der Waals surface area contributed by atoms with Crippen LogP contribution in [-0.2, 0) is 17.6 Å². The lowest BCUT2D eigenvalue weighted by atomic mass is 10.2. The number of aromatic nitrogens is 3. The molecule has 0 saturated heterocycles. The van der Waals surface area contributed by atoms with Crippen molar-refractivity contribution < 1.29 is 4.79 Å². The maximum atomic E-state index is 12.4. The summed E-state index contributed by atoms with van der Waals surface area (Å²) in [5.74, 6) is -0.0592.